The van der Waals surface area contributed by atoms with Crippen LogP contribution in [0.15, 0.2) is 6.33 Å². The summed E-state index contributed by atoms with van der Waals surface area (Å²) in [5.41, 5.74) is 5.46. The van der Waals surface area contributed by atoms with Crippen molar-refractivity contribution < 1.29 is 4.79 Å². The average molecular weight is 211 g/mol. The highest BCUT2D eigenvalue weighted by Crippen LogP contribution is 2.05. The van der Waals surface area contributed by atoms with Gasteiger partial charge in [-0.05, 0) is 18.9 Å². The van der Waals surface area contributed by atoms with Crippen LogP contribution in [0.3, 0.4) is 0 Å². The number of amides is 1. The summed E-state index contributed by atoms with van der Waals surface area (Å²) in [6, 6.07) is 0. The minimum absolute atomic E-state index is 0.0496. The van der Waals surface area contributed by atoms with E-state index in [9.17, 15) is 4.79 Å². The topological polar surface area (TPSA) is 85.8 Å². The summed E-state index contributed by atoms with van der Waals surface area (Å²) in [6.07, 6.45) is 2.66. The van der Waals surface area contributed by atoms with Crippen LogP contribution in [0.2, 0.25) is 0 Å². The molecule has 0 spiro atoms. The van der Waals surface area contributed by atoms with Crippen molar-refractivity contribution in [3.8, 4) is 0 Å². The van der Waals surface area contributed by atoms with E-state index in [1.54, 1.807) is 7.05 Å². The third kappa shape index (κ3) is 3.67. The number of carbonyl (C=O) groups is 1. The highest BCUT2D eigenvalue weighted by atomic mass is 16.1. The lowest BCUT2D eigenvalue weighted by Crippen LogP contribution is -2.18. The molecule has 1 aromatic rings. The lowest BCUT2D eigenvalue weighted by atomic mass is 10.1. The number of hydrogen-bond donors (Lipinski definition) is 2. The molecule has 0 fully saturated rings. The van der Waals surface area contributed by atoms with Crippen LogP contribution in [0.5, 0.6) is 0 Å². The highest BCUT2D eigenvalue weighted by Gasteiger charge is 2.08. The smallest absolute Gasteiger partial charge is 0.227 e. The first-order valence-electron chi connectivity index (χ1n) is 4.97. The van der Waals surface area contributed by atoms with Gasteiger partial charge < -0.3 is 5.73 Å². The van der Waals surface area contributed by atoms with E-state index in [0.29, 0.717) is 24.8 Å². The fourth-order valence-electron chi connectivity index (χ4n) is 1.09. The fourth-order valence-corrected chi connectivity index (χ4v) is 1.09. The Morgan fingerprint density at radius 2 is 2.47 bits per heavy atom. The zero-order valence-electron chi connectivity index (χ0n) is 9.10. The summed E-state index contributed by atoms with van der Waals surface area (Å²) < 4.78 is 1.52. The molecule has 0 aromatic carbocycles. The Morgan fingerprint density at radius 3 is 3.00 bits per heavy atom. The Hall–Kier alpha value is -1.43. The second-order valence-corrected chi connectivity index (χ2v) is 3.63. The summed E-state index contributed by atoms with van der Waals surface area (Å²) in [5.74, 6) is 0.794. The number of carbonyl (C=O) groups excluding carboxylic acids is 1. The van der Waals surface area contributed by atoms with Crippen molar-refractivity contribution in [2.24, 2.45) is 18.7 Å². The monoisotopic (exact) mass is 211 g/mol. The van der Waals surface area contributed by atoms with E-state index in [-0.39, 0.29) is 5.91 Å². The third-order valence-corrected chi connectivity index (χ3v) is 2.23. The minimum atomic E-state index is -0.0496. The van der Waals surface area contributed by atoms with Gasteiger partial charge >= 0.3 is 0 Å². The molecule has 15 heavy (non-hydrogen) atoms. The summed E-state index contributed by atoms with van der Waals surface area (Å²) in [5, 5.41) is 6.53. The molecule has 0 saturated carbocycles. The van der Waals surface area contributed by atoms with Crippen molar-refractivity contribution in [1.82, 2.24) is 14.8 Å². The normalized spacial score (nSPS) is 12.5. The molecule has 1 aromatic heterocycles. The van der Waals surface area contributed by atoms with Gasteiger partial charge in [0, 0.05) is 13.5 Å². The SMILES string of the molecule is CC(CN)CCC(=O)Nc1ncnn1C. The highest BCUT2D eigenvalue weighted by molar-refractivity contribution is 5.88. The van der Waals surface area contributed by atoms with Crippen LogP contribution in [0.1, 0.15) is 19.8 Å². The summed E-state index contributed by atoms with van der Waals surface area (Å²) in [4.78, 5) is 15.3. The predicted octanol–water partition coefficient (Wildman–Crippen LogP) is 0.129. The first kappa shape index (κ1) is 11.6. The number of nitrogens with two attached hydrogens (primary N) is 1. The van der Waals surface area contributed by atoms with Crippen LogP contribution in [0, 0.1) is 5.92 Å². The van der Waals surface area contributed by atoms with E-state index in [0.717, 1.165) is 6.42 Å². The molecule has 6 nitrogen and oxygen atoms in total. The molecule has 0 bridgehead atoms. The van der Waals surface area contributed by atoms with Crippen LogP contribution in [0.4, 0.5) is 5.95 Å². The van der Waals surface area contributed by atoms with Crippen molar-refractivity contribution in [3.63, 3.8) is 0 Å². The van der Waals surface area contributed by atoms with E-state index in [4.69, 9.17) is 5.73 Å². The summed E-state index contributed by atoms with van der Waals surface area (Å²) in [6.45, 7) is 2.63. The van der Waals surface area contributed by atoms with Gasteiger partial charge in [0.1, 0.15) is 6.33 Å². The van der Waals surface area contributed by atoms with Crippen LogP contribution < -0.4 is 11.1 Å². The minimum Gasteiger partial charge on any atom is -0.330 e. The van der Waals surface area contributed by atoms with Crippen LogP contribution in [-0.2, 0) is 11.8 Å². The van der Waals surface area contributed by atoms with Gasteiger partial charge in [0.15, 0.2) is 0 Å². The maximum atomic E-state index is 11.4. The van der Waals surface area contributed by atoms with E-state index in [2.05, 4.69) is 15.4 Å². The summed E-state index contributed by atoms with van der Waals surface area (Å²) in [7, 11) is 1.73. The molecule has 0 aliphatic heterocycles. The van der Waals surface area contributed by atoms with E-state index in [1.807, 2.05) is 6.92 Å². The molecule has 0 radical (unpaired) electrons. The van der Waals surface area contributed by atoms with Crippen LogP contribution in [-0.4, -0.2) is 27.2 Å². The molecule has 84 valence electrons. The summed E-state index contributed by atoms with van der Waals surface area (Å²) >= 11 is 0. The second-order valence-electron chi connectivity index (χ2n) is 3.63. The zero-order valence-corrected chi connectivity index (χ0v) is 9.10. The molecule has 1 rings (SSSR count). The standard InChI is InChI=1S/C9H17N5O/c1-7(5-10)3-4-8(15)13-9-11-6-12-14(9)2/h6-7H,3-5,10H2,1-2H3,(H,11,12,13,15). The van der Waals surface area contributed by atoms with Crippen molar-refractivity contribution in [2.45, 2.75) is 19.8 Å². The maximum Gasteiger partial charge on any atom is 0.227 e. The van der Waals surface area contributed by atoms with Gasteiger partial charge in [-0.25, -0.2) is 4.68 Å². The Morgan fingerprint density at radius 1 is 1.73 bits per heavy atom. The first-order valence-corrected chi connectivity index (χ1v) is 4.97. The Balaban J connectivity index is 2.34. The average Bonchev–Trinajstić information content (AvgIpc) is 2.61. The van der Waals surface area contributed by atoms with Crippen molar-refractivity contribution in [2.75, 3.05) is 11.9 Å². The van der Waals surface area contributed by atoms with E-state index >= 15 is 0 Å². The molecule has 1 atom stereocenters. The number of rotatable bonds is 5. The third-order valence-electron chi connectivity index (χ3n) is 2.23. The number of aryl methyl sites for hydroxylation is 1. The maximum absolute atomic E-state index is 11.4. The van der Waals surface area contributed by atoms with Crippen molar-refractivity contribution in [1.29, 1.82) is 0 Å². The molecule has 0 aliphatic rings. The second kappa shape index (κ2) is 5.45. The Bertz CT molecular complexity index is 322. The number of aromatic nitrogens is 3. The molecule has 1 heterocycles. The van der Waals surface area contributed by atoms with Gasteiger partial charge in [0.25, 0.3) is 0 Å². The fraction of sp³-hybridized carbons (Fsp3) is 0.667. The van der Waals surface area contributed by atoms with Crippen LogP contribution >= 0.6 is 0 Å². The van der Waals surface area contributed by atoms with Crippen molar-refractivity contribution >= 4 is 11.9 Å². The van der Waals surface area contributed by atoms with Gasteiger partial charge in [-0.2, -0.15) is 10.1 Å². The predicted molar refractivity (Wildman–Crippen MR) is 57.1 cm³/mol. The quantitative estimate of drug-likeness (QED) is 0.724. The lowest BCUT2D eigenvalue weighted by molar-refractivity contribution is -0.116. The van der Waals surface area contributed by atoms with E-state index in [1.165, 1.54) is 11.0 Å². The molecule has 3 N–H and O–H groups in total. The molecule has 0 aliphatic carbocycles. The Labute approximate surface area is 88.9 Å². The molecular weight excluding hydrogens is 194 g/mol. The van der Waals surface area contributed by atoms with Crippen molar-refractivity contribution in [3.05, 3.63) is 6.33 Å². The van der Waals surface area contributed by atoms with Gasteiger partial charge in [0.2, 0.25) is 11.9 Å². The van der Waals surface area contributed by atoms with E-state index < -0.39 is 0 Å². The molecule has 0 saturated heterocycles. The van der Waals surface area contributed by atoms with Gasteiger partial charge in [-0.1, -0.05) is 6.92 Å². The molecular formula is C9H17N5O. The number of hydrogen-bond acceptors (Lipinski definition) is 4. The Kier molecular flexibility index (Phi) is 4.23. The largest absolute Gasteiger partial charge is 0.330 e. The molecule has 6 heteroatoms. The first-order chi connectivity index (χ1) is 7.13. The van der Waals surface area contributed by atoms with Gasteiger partial charge in [-0.3, -0.25) is 10.1 Å². The lowest BCUT2D eigenvalue weighted by Gasteiger charge is -2.07. The number of nitrogens with zero attached hydrogens (tertiary/aromatic N) is 3. The van der Waals surface area contributed by atoms with Crippen LogP contribution in [0.25, 0.3) is 0 Å². The van der Waals surface area contributed by atoms with Gasteiger partial charge in [0.05, 0.1) is 0 Å². The molecule has 1 amide bonds. The number of nitrogens with one attached hydrogen (secondary N) is 1. The molecule has 1 unspecified atom stereocenters. The van der Waals surface area contributed by atoms with Gasteiger partial charge in [-0.15, -0.1) is 0 Å². The zero-order chi connectivity index (χ0) is 11.3. The number of anilines is 1.